The minimum atomic E-state index is -0.520. The molecule has 1 rings (SSSR count). The van der Waals surface area contributed by atoms with E-state index in [1.807, 2.05) is 0 Å². The normalized spacial score (nSPS) is 11.9. The van der Waals surface area contributed by atoms with Crippen molar-refractivity contribution >= 4 is 29.0 Å². The summed E-state index contributed by atoms with van der Waals surface area (Å²) >= 11 is 11.8. The Balaban J connectivity index is 3.08. The first-order valence-electron chi connectivity index (χ1n) is 4.39. The first-order chi connectivity index (χ1) is 7.06. The van der Waals surface area contributed by atoms with E-state index in [1.165, 1.54) is 6.92 Å². The van der Waals surface area contributed by atoms with Crippen LogP contribution < -0.4 is 0 Å². The molecular formula is C11H9Cl2NO. The molecule has 0 bridgehead atoms. The number of benzene rings is 1. The Morgan fingerprint density at radius 1 is 1.53 bits per heavy atom. The summed E-state index contributed by atoms with van der Waals surface area (Å²) in [5, 5.41) is 9.69. The lowest BCUT2D eigenvalue weighted by Crippen LogP contribution is -2.02. The summed E-state index contributed by atoms with van der Waals surface area (Å²) in [4.78, 5) is 11.0. The van der Waals surface area contributed by atoms with Crippen LogP contribution in [0.25, 0.3) is 0 Å². The van der Waals surface area contributed by atoms with Gasteiger partial charge >= 0.3 is 0 Å². The van der Waals surface area contributed by atoms with Crippen LogP contribution in [0.1, 0.15) is 24.8 Å². The second-order valence-corrected chi connectivity index (χ2v) is 4.02. The molecule has 1 aromatic rings. The van der Waals surface area contributed by atoms with Gasteiger partial charge in [-0.2, -0.15) is 5.26 Å². The van der Waals surface area contributed by atoms with Crippen LogP contribution in [0.5, 0.6) is 0 Å². The number of halogens is 2. The molecule has 15 heavy (non-hydrogen) atoms. The zero-order chi connectivity index (χ0) is 11.4. The summed E-state index contributed by atoms with van der Waals surface area (Å²) in [6, 6.07) is 7.13. The fraction of sp³-hybridized carbons (Fsp3) is 0.273. The van der Waals surface area contributed by atoms with E-state index in [0.29, 0.717) is 15.6 Å². The van der Waals surface area contributed by atoms with Crippen molar-refractivity contribution in [1.82, 2.24) is 0 Å². The van der Waals surface area contributed by atoms with Crippen molar-refractivity contribution in [2.45, 2.75) is 19.3 Å². The molecule has 1 aromatic carbocycles. The van der Waals surface area contributed by atoms with E-state index in [4.69, 9.17) is 28.5 Å². The molecule has 0 radical (unpaired) electrons. The van der Waals surface area contributed by atoms with E-state index in [1.54, 1.807) is 18.2 Å². The van der Waals surface area contributed by atoms with Gasteiger partial charge in [0.25, 0.3) is 0 Å². The fourth-order valence-electron chi connectivity index (χ4n) is 1.30. The number of nitrogens with zero attached hydrogens (tertiary/aromatic N) is 1. The maximum Gasteiger partial charge on any atom is 0.131 e. The average molecular weight is 242 g/mol. The standard InChI is InChI=1S/C11H9Cl2NO/c1-7(15)5-8(6-14)9-3-2-4-10(12)11(9)13/h2-4,8H,5H2,1H3. The third-order valence-corrected chi connectivity index (χ3v) is 2.84. The van der Waals surface area contributed by atoms with E-state index in [0.717, 1.165) is 0 Å². The molecule has 0 spiro atoms. The zero-order valence-corrected chi connectivity index (χ0v) is 9.64. The number of ketones is 1. The lowest BCUT2D eigenvalue weighted by molar-refractivity contribution is -0.117. The Morgan fingerprint density at radius 2 is 2.20 bits per heavy atom. The summed E-state index contributed by atoms with van der Waals surface area (Å²) in [6.07, 6.45) is 0.163. The van der Waals surface area contributed by atoms with Gasteiger partial charge in [0.05, 0.1) is 22.0 Å². The van der Waals surface area contributed by atoms with Gasteiger partial charge in [0.15, 0.2) is 0 Å². The highest BCUT2D eigenvalue weighted by molar-refractivity contribution is 6.42. The van der Waals surface area contributed by atoms with Crippen LogP contribution in [-0.2, 0) is 4.79 Å². The third-order valence-electron chi connectivity index (χ3n) is 2.00. The topological polar surface area (TPSA) is 40.9 Å². The van der Waals surface area contributed by atoms with Crippen molar-refractivity contribution in [2.24, 2.45) is 0 Å². The van der Waals surface area contributed by atoms with E-state index >= 15 is 0 Å². The van der Waals surface area contributed by atoms with E-state index in [9.17, 15) is 4.79 Å². The molecule has 0 N–H and O–H groups in total. The summed E-state index contributed by atoms with van der Waals surface area (Å²) < 4.78 is 0. The van der Waals surface area contributed by atoms with Gasteiger partial charge in [-0.3, -0.25) is 4.79 Å². The highest BCUT2D eigenvalue weighted by Crippen LogP contribution is 2.32. The number of carbonyl (C=O) groups excluding carboxylic acids is 1. The first-order valence-corrected chi connectivity index (χ1v) is 5.14. The van der Waals surface area contributed by atoms with Gasteiger partial charge in [-0.15, -0.1) is 0 Å². The average Bonchev–Trinajstić information content (AvgIpc) is 2.19. The van der Waals surface area contributed by atoms with Crippen LogP contribution in [-0.4, -0.2) is 5.78 Å². The maximum absolute atomic E-state index is 11.0. The van der Waals surface area contributed by atoms with Crippen LogP contribution in [0, 0.1) is 11.3 Å². The molecular weight excluding hydrogens is 233 g/mol. The quantitative estimate of drug-likeness (QED) is 0.812. The van der Waals surface area contributed by atoms with E-state index < -0.39 is 5.92 Å². The van der Waals surface area contributed by atoms with Crippen molar-refractivity contribution in [3.8, 4) is 6.07 Å². The highest BCUT2D eigenvalue weighted by atomic mass is 35.5. The molecule has 1 unspecified atom stereocenters. The second-order valence-electron chi connectivity index (χ2n) is 3.23. The van der Waals surface area contributed by atoms with Crippen molar-refractivity contribution in [2.75, 3.05) is 0 Å². The van der Waals surface area contributed by atoms with Gasteiger partial charge < -0.3 is 0 Å². The van der Waals surface area contributed by atoms with Gasteiger partial charge in [-0.05, 0) is 18.6 Å². The van der Waals surface area contributed by atoms with Crippen LogP contribution >= 0.6 is 23.2 Å². The minimum Gasteiger partial charge on any atom is -0.300 e. The Morgan fingerprint density at radius 3 is 2.73 bits per heavy atom. The molecule has 0 aliphatic heterocycles. The molecule has 0 heterocycles. The highest BCUT2D eigenvalue weighted by Gasteiger charge is 2.17. The van der Waals surface area contributed by atoms with Crippen LogP contribution in [0.3, 0.4) is 0 Å². The second kappa shape index (κ2) is 5.16. The first kappa shape index (κ1) is 12.0. The maximum atomic E-state index is 11.0. The summed E-state index contributed by atoms with van der Waals surface area (Å²) in [5.41, 5.74) is 0.613. The molecule has 2 nitrogen and oxygen atoms in total. The Labute approximate surface area is 98.4 Å². The number of Topliss-reactive ketones (excluding diaryl/α,β-unsaturated/α-hetero) is 1. The van der Waals surface area contributed by atoms with Crippen LogP contribution in [0.2, 0.25) is 10.0 Å². The predicted molar refractivity (Wildman–Crippen MR) is 60.1 cm³/mol. The van der Waals surface area contributed by atoms with Gasteiger partial charge in [0.2, 0.25) is 0 Å². The van der Waals surface area contributed by atoms with Gasteiger partial charge in [0, 0.05) is 6.42 Å². The fourth-order valence-corrected chi connectivity index (χ4v) is 1.74. The number of hydrogen-bond donors (Lipinski definition) is 0. The molecule has 0 aliphatic carbocycles. The smallest absolute Gasteiger partial charge is 0.131 e. The third kappa shape index (κ3) is 2.95. The lowest BCUT2D eigenvalue weighted by Gasteiger charge is -2.10. The Kier molecular flexibility index (Phi) is 4.14. The minimum absolute atomic E-state index is 0.0439. The number of carbonyl (C=O) groups is 1. The molecule has 0 amide bonds. The molecule has 78 valence electrons. The largest absolute Gasteiger partial charge is 0.300 e. The molecule has 0 saturated heterocycles. The van der Waals surface area contributed by atoms with E-state index in [-0.39, 0.29) is 12.2 Å². The number of rotatable bonds is 3. The molecule has 0 fully saturated rings. The predicted octanol–water partition coefficient (Wildman–Crippen LogP) is 3.58. The summed E-state index contributed by atoms with van der Waals surface area (Å²) in [5.74, 6) is -0.564. The summed E-state index contributed by atoms with van der Waals surface area (Å²) in [6.45, 7) is 1.45. The molecule has 0 aromatic heterocycles. The SMILES string of the molecule is CC(=O)CC(C#N)c1cccc(Cl)c1Cl. The van der Waals surface area contributed by atoms with Crippen molar-refractivity contribution in [3.05, 3.63) is 33.8 Å². The molecule has 0 saturated carbocycles. The van der Waals surface area contributed by atoms with Gasteiger partial charge in [-0.25, -0.2) is 0 Å². The Bertz CT molecular complexity index is 423. The molecule has 0 aliphatic rings. The molecule has 1 atom stereocenters. The number of hydrogen-bond acceptors (Lipinski definition) is 2. The zero-order valence-electron chi connectivity index (χ0n) is 8.13. The van der Waals surface area contributed by atoms with E-state index in [2.05, 4.69) is 6.07 Å². The van der Waals surface area contributed by atoms with Crippen LogP contribution in [0.4, 0.5) is 0 Å². The van der Waals surface area contributed by atoms with Gasteiger partial charge in [-0.1, -0.05) is 35.3 Å². The van der Waals surface area contributed by atoms with Crippen LogP contribution in [0.15, 0.2) is 18.2 Å². The number of nitriles is 1. The molecule has 4 heteroatoms. The summed E-state index contributed by atoms with van der Waals surface area (Å²) in [7, 11) is 0. The van der Waals surface area contributed by atoms with Crippen molar-refractivity contribution in [1.29, 1.82) is 5.26 Å². The van der Waals surface area contributed by atoms with Crippen molar-refractivity contribution < 1.29 is 4.79 Å². The van der Waals surface area contributed by atoms with Crippen molar-refractivity contribution in [3.63, 3.8) is 0 Å². The lowest BCUT2D eigenvalue weighted by atomic mass is 9.95. The van der Waals surface area contributed by atoms with Gasteiger partial charge in [0.1, 0.15) is 5.78 Å². The monoisotopic (exact) mass is 241 g/mol. The Hall–Kier alpha value is -1.04.